The largest absolute Gasteiger partial charge is 0.496 e. The van der Waals surface area contributed by atoms with Gasteiger partial charge < -0.3 is 9.72 Å². The maximum atomic E-state index is 5.28. The lowest BCUT2D eigenvalue weighted by molar-refractivity contribution is 0.412. The van der Waals surface area contributed by atoms with Crippen molar-refractivity contribution < 1.29 is 4.74 Å². The van der Waals surface area contributed by atoms with Crippen molar-refractivity contribution in [3.05, 3.63) is 29.5 Å². The van der Waals surface area contributed by atoms with Crippen LogP contribution in [0.1, 0.15) is 18.2 Å². The lowest BCUT2D eigenvalue weighted by Crippen LogP contribution is -1.86. The highest BCUT2D eigenvalue weighted by Gasteiger charge is 2.03. The number of aromatic amines is 1. The molecule has 1 heterocycles. The van der Waals surface area contributed by atoms with E-state index in [0.29, 0.717) is 0 Å². The zero-order chi connectivity index (χ0) is 10.1. The molecule has 2 heteroatoms. The van der Waals surface area contributed by atoms with Gasteiger partial charge >= 0.3 is 0 Å². The molecule has 2 aromatic rings. The van der Waals surface area contributed by atoms with Gasteiger partial charge in [-0.05, 0) is 37.1 Å². The molecule has 74 valence electrons. The molecule has 0 radical (unpaired) electrons. The van der Waals surface area contributed by atoms with E-state index in [-0.39, 0.29) is 0 Å². The summed E-state index contributed by atoms with van der Waals surface area (Å²) in [6.45, 7) is 4.21. The van der Waals surface area contributed by atoms with Crippen LogP contribution in [0.15, 0.2) is 18.2 Å². The van der Waals surface area contributed by atoms with Crippen molar-refractivity contribution >= 4 is 10.9 Å². The van der Waals surface area contributed by atoms with Crippen LogP contribution in [-0.4, -0.2) is 12.1 Å². The Balaban J connectivity index is 2.64. The van der Waals surface area contributed by atoms with Gasteiger partial charge in [0.1, 0.15) is 5.75 Å². The van der Waals surface area contributed by atoms with E-state index in [9.17, 15) is 0 Å². The zero-order valence-electron chi connectivity index (χ0n) is 8.85. The fourth-order valence-electron chi connectivity index (χ4n) is 1.74. The molecule has 0 atom stereocenters. The first kappa shape index (κ1) is 9.13. The second kappa shape index (κ2) is 3.37. The molecule has 0 aliphatic heterocycles. The average molecular weight is 189 g/mol. The van der Waals surface area contributed by atoms with Gasteiger partial charge in [0.05, 0.1) is 7.11 Å². The number of H-pyrrole nitrogens is 1. The molecule has 0 fully saturated rings. The Morgan fingerprint density at radius 3 is 2.71 bits per heavy atom. The normalized spacial score (nSPS) is 10.8. The second-order valence-corrected chi connectivity index (χ2v) is 3.56. The molecule has 0 spiro atoms. The van der Waals surface area contributed by atoms with Crippen LogP contribution < -0.4 is 4.74 Å². The fourth-order valence-corrected chi connectivity index (χ4v) is 1.74. The first-order valence-electron chi connectivity index (χ1n) is 4.91. The number of aromatic nitrogens is 1. The molecule has 1 aromatic heterocycles. The minimum atomic E-state index is 0.958. The number of fused-ring (bicyclic) bond motifs is 1. The predicted octanol–water partition coefficient (Wildman–Crippen LogP) is 3.05. The number of benzene rings is 1. The predicted molar refractivity (Wildman–Crippen MR) is 59.0 cm³/mol. The van der Waals surface area contributed by atoms with Gasteiger partial charge in [-0.15, -0.1) is 0 Å². The number of nitrogens with one attached hydrogen (secondary N) is 1. The molecule has 0 aliphatic rings. The lowest BCUT2D eigenvalue weighted by atomic mass is 10.1. The van der Waals surface area contributed by atoms with Gasteiger partial charge in [-0.25, -0.2) is 0 Å². The number of aryl methyl sites for hydroxylation is 2. The van der Waals surface area contributed by atoms with Crippen molar-refractivity contribution in [3.63, 3.8) is 0 Å². The Bertz CT molecular complexity index is 457. The van der Waals surface area contributed by atoms with Crippen molar-refractivity contribution in [2.24, 2.45) is 0 Å². The number of rotatable bonds is 2. The van der Waals surface area contributed by atoms with E-state index in [4.69, 9.17) is 4.74 Å². The van der Waals surface area contributed by atoms with Crippen LogP contribution in [0.2, 0.25) is 0 Å². The molecule has 14 heavy (non-hydrogen) atoms. The van der Waals surface area contributed by atoms with Gasteiger partial charge in [-0.1, -0.05) is 6.92 Å². The van der Waals surface area contributed by atoms with E-state index in [1.165, 1.54) is 22.2 Å². The summed E-state index contributed by atoms with van der Waals surface area (Å²) in [5, 5.41) is 1.23. The highest BCUT2D eigenvalue weighted by Crippen LogP contribution is 2.25. The van der Waals surface area contributed by atoms with Crippen LogP contribution in [0.4, 0.5) is 0 Å². The van der Waals surface area contributed by atoms with Gasteiger partial charge in [0.25, 0.3) is 0 Å². The molecule has 0 aliphatic carbocycles. The summed E-state index contributed by atoms with van der Waals surface area (Å²) >= 11 is 0. The van der Waals surface area contributed by atoms with Crippen molar-refractivity contribution in [3.8, 4) is 5.75 Å². The molecule has 0 saturated heterocycles. The third-order valence-electron chi connectivity index (χ3n) is 2.57. The maximum Gasteiger partial charge on any atom is 0.122 e. The van der Waals surface area contributed by atoms with Crippen LogP contribution in [0.5, 0.6) is 5.75 Å². The molecule has 0 saturated carbocycles. The monoisotopic (exact) mass is 189 g/mol. The summed E-state index contributed by atoms with van der Waals surface area (Å²) < 4.78 is 5.28. The molecule has 0 amide bonds. The van der Waals surface area contributed by atoms with Crippen LogP contribution in [0, 0.1) is 6.92 Å². The highest BCUT2D eigenvalue weighted by atomic mass is 16.5. The van der Waals surface area contributed by atoms with E-state index in [0.717, 1.165) is 12.2 Å². The third-order valence-corrected chi connectivity index (χ3v) is 2.57. The molecule has 2 rings (SSSR count). The van der Waals surface area contributed by atoms with Gasteiger partial charge in [0, 0.05) is 16.6 Å². The Morgan fingerprint density at radius 1 is 1.29 bits per heavy atom. The minimum Gasteiger partial charge on any atom is -0.496 e. The van der Waals surface area contributed by atoms with E-state index < -0.39 is 0 Å². The van der Waals surface area contributed by atoms with Gasteiger partial charge in [0.15, 0.2) is 0 Å². The Labute approximate surface area is 83.9 Å². The first-order chi connectivity index (χ1) is 6.74. The van der Waals surface area contributed by atoms with Gasteiger partial charge in [-0.3, -0.25) is 0 Å². The van der Waals surface area contributed by atoms with Crippen LogP contribution in [0.3, 0.4) is 0 Å². The first-order valence-corrected chi connectivity index (χ1v) is 4.91. The number of hydrogen-bond acceptors (Lipinski definition) is 1. The molecule has 0 bridgehead atoms. The summed E-state index contributed by atoms with van der Waals surface area (Å²) in [6, 6.07) is 6.39. The highest BCUT2D eigenvalue weighted by molar-refractivity contribution is 5.83. The van der Waals surface area contributed by atoms with E-state index in [2.05, 4.69) is 37.0 Å². The van der Waals surface area contributed by atoms with Gasteiger partial charge in [-0.2, -0.15) is 0 Å². The molecule has 1 aromatic carbocycles. The molecular weight excluding hydrogens is 174 g/mol. The number of hydrogen-bond donors (Lipinski definition) is 1. The molecular formula is C12H15NO. The fraction of sp³-hybridized carbons (Fsp3) is 0.333. The van der Waals surface area contributed by atoms with E-state index in [1.54, 1.807) is 7.11 Å². The zero-order valence-corrected chi connectivity index (χ0v) is 8.85. The van der Waals surface area contributed by atoms with E-state index >= 15 is 0 Å². The smallest absolute Gasteiger partial charge is 0.122 e. The topological polar surface area (TPSA) is 25.0 Å². The van der Waals surface area contributed by atoms with Crippen LogP contribution >= 0.6 is 0 Å². The third kappa shape index (κ3) is 1.37. The van der Waals surface area contributed by atoms with Crippen LogP contribution in [0.25, 0.3) is 10.9 Å². The molecule has 0 unspecified atom stereocenters. The minimum absolute atomic E-state index is 0.958. The van der Waals surface area contributed by atoms with Gasteiger partial charge in [0.2, 0.25) is 0 Å². The lowest BCUT2D eigenvalue weighted by Gasteiger charge is -2.03. The Hall–Kier alpha value is -1.44. The molecule has 1 N–H and O–H groups in total. The Morgan fingerprint density at radius 2 is 2.07 bits per heavy atom. The quantitative estimate of drug-likeness (QED) is 0.771. The maximum absolute atomic E-state index is 5.28. The van der Waals surface area contributed by atoms with Crippen molar-refractivity contribution in [1.82, 2.24) is 4.98 Å². The number of ether oxygens (including phenoxy) is 1. The Kier molecular flexibility index (Phi) is 2.20. The summed E-state index contributed by atoms with van der Waals surface area (Å²) in [4.78, 5) is 3.38. The SMILES string of the molecule is CCc1cc2cc(OC)c(C)cc2[nH]1. The summed E-state index contributed by atoms with van der Waals surface area (Å²) in [5.74, 6) is 0.958. The van der Waals surface area contributed by atoms with Crippen LogP contribution in [-0.2, 0) is 6.42 Å². The summed E-state index contributed by atoms with van der Waals surface area (Å²) in [5.41, 5.74) is 3.64. The average Bonchev–Trinajstić information content (AvgIpc) is 2.58. The van der Waals surface area contributed by atoms with Crippen molar-refractivity contribution in [1.29, 1.82) is 0 Å². The number of methoxy groups -OCH3 is 1. The van der Waals surface area contributed by atoms with E-state index in [1.807, 2.05) is 0 Å². The van der Waals surface area contributed by atoms with Crippen molar-refractivity contribution in [2.75, 3.05) is 7.11 Å². The van der Waals surface area contributed by atoms with Crippen molar-refractivity contribution in [2.45, 2.75) is 20.3 Å². The summed E-state index contributed by atoms with van der Waals surface area (Å²) in [6.07, 6.45) is 1.04. The molecule has 2 nitrogen and oxygen atoms in total. The standard InChI is InChI=1S/C12H15NO/c1-4-10-6-9-7-12(14-3)8(2)5-11(9)13-10/h5-7,13H,4H2,1-3H3. The summed E-state index contributed by atoms with van der Waals surface area (Å²) in [7, 11) is 1.71. The second-order valence-electron chi connectivity index (χ2n) is 3.56.